The number of aryl methyl sites for hydroxylation is 1. The van der Waals surface area contributed by atoms with Gasteiger partial charge in [-0.05, 0) is 54.7 Å². The highest BCUT2D eigenvalue weighted by Gasteiger charge is 2.16. The summed E-state index contributed by atoms with van der Waals surface area (Å²) < 4.78 is 18.8. The summed E-state index contributed by atoms with van der Waals surface area (Å²) in [6, 6.07) is 21.3. The van der Waals surface area contributed by atoms with Crippen molar-refractivity contribution in [3.63, 3.8) is 0 Å². The fraction of sp³-hybridized carbons (Fsp3) is 0.167. The average Bonchev–Trinajstić information content (AvgIpc) is 2.77. The Labute approximate surface area is 169 Å². The maximum Gasteiger partial charge on any atom is 0.275 e. The zero-order chi connectivity index (χ0) is 20.1. The molecule has 5 heteroatoms. The molecule has 1 aliphatic rings. The lowest BCUT2D eigenvalue weighted by molar-refractivity contribution is 0.0950. The molecular weight excluding hydrogens is 367 g/mol. The largest absolute Gasteiger partial charge is 0.488 e. The van der Waals surface area contributed by atoms with E-state index in [2.05, 4.69) is 16.6 Å². The Balaban J connectivity index is 1.48. The summed E-state index contributed by atoms with van der Waals surface area (Å²) in [6.45, 7) is 0.243. The van der Waals surface area contributed by atoms with Crippen molar-refractivity contribution in [3.8, 4) is 5.75 Å². The van der Waals surface area contributed by atoms with Crippen molar-refractivity contribution in [2.75, 3.05) is 0 Å². The Hall–Kier alpha value is -3.47. The fourth-order valence-corrected chi connectivity index (χ4v) is 3.42. The quantitative estimate of drug-likeness (QED) is 0.634. The third-order valence-electron chi connectivity index (χ3n) is 4.92. The van der Waals surface area contributed by atoms with Crippen LogP contribution in [-0.4, -0.2) is 11.6 Å². The van der Waals surface area contributed by atoms with E-state index in [9.17, 15) is 9.18 Å². The monoisotopic (exact) mass is 388 g/mol. The molecule has 146 valence electrons. The molecule has 4 nitrogen and oxygen atoms in total. The number of nitrogens with one attached hydrogen (secondary N) is 1. The summed E-state index contributed by atoms with van der Waals surface area (Å²) in [7, 11) is 0. The minimum Gasteiger partial charge on any atom is -0.488 e. The summed E-state index contributed by atoms with van der Waals surface area (Å²) in [6.07, 6.45) is 2.88. The number of carbonyl (C=O) groups is 1. The summed E-state index contributed by atoms with van der Waals surface area (Å²) in [5.74, 6) is -0.161. The Bertz CT molecular complexity index is 1040. The van der Waals surface area contributed by atoms with Gasteiger partial charge in [-0.25, -0.2) is 9.82 Å². The minimum atomic E-state index is -0.324. The highest BCUT2D eigenvalue weighted by atomic mass is 19.1. The van der Waals surface area contributed by atoms with Crippen LogP contribution in [0.15, 0.2) is 77.9 Å². The molecule has 0 unspecified atom stereocenters. The zero-order valence-electron chi connectivity index (χ0n) is 15.9. The molecule has 0 bridgehead atoms. The number of amides is 1. The number of hydrogen-bond acceptors (Lipinski definition) is 3. The van der Waals surface area contributed by atoms with Crippen molar-refractivity contribution in [2.45, 2.75) is 25.9 Å². The number of ether oxygens (including phenoxy) is 1. The second kappa shape index (κ2) is 8.69. The molecular formula is C24H21FN2O2. The van der Waals surface area contributed by atoms with Gasteiger partial charge in [-0.15, -0.1) is 0 Å². The Morgan fingerprint density at radius 2 is 1.72 bits per heavy atom. The van der Waals surface area contributed by atoms with Gasteiger partial charge in [0.15, 0.2) is 0 Å². The summed E-state index contributed by atoms with van der Waals surface area (Å²) in [5, 5.41) is 4.39. The molecule has 0 heterocycles. The third kappa shape index (κ3) is 4.51. The first-order valence-corrected chi connectivity index (χ1v) is 9.62. The van der Waals surface area contributed by atoms with Gasteiger partial charge in [0.05, 0.1) is 11.3 Å². The smallest absolute Gasteiger partial charge is 0.275 e. The zero-order valence-corrected chi connectivity index (χ0v) is 15.9. The van der Waals surface area contributed by atoms with E-state index in [4.69, 9.17) is 4.74 Å². The van der Waals surface area contributed by atoms with E-state index in [0.717, 1.165) is 36.1 Å². The molecule has 1 N–H and O–H groups in total. The lowest BCUT2D eigenvalue weighted by Gasteiger charge is -2.17. The van der Waals surface area contributed by atoms with Gasteiger partial charge in [0.1, 0.15) is 18.2 Å². The molecule has 0 saturated carbocycles. The lowest BCUT2D eigenvalue weighted by Crippen LogP contribution is -2.22. The SMILES string of the molecule is O=C(NN=C1CCCc2ccccc21)c1ccccc1OCc1ccc(F)cc1. The van der Waals surface area contributed by atoms with Gasteiger partial charge in [-0.2, -0.15) is 5.10 Å². The third-order valence-corrected chi connectivity index (χ3v) is 4.92. The summed E-state index contributed by atoms with van der Waals surface area (Å²) in [4.78, 5) is 12.7. The molecule has 1 aliphatic carbocycles. The molecule has 4 rings (SSSR count). The number of hydrazone groups is 1. The van der Waals surface area contributed by atoms with Crippen LogP contribution in [0.2, 0.25) is 0 Å². The van der Waals surface area contributed by atoms with Crippen molar-refractivity contribution in [2.24, 2.45) is 5.10 Å². The van der Waals surface area contributed by atoms with E-state index < -0.39 is 0 Å². The first kappa shape index (κ1) is 18.9. The molecule has 0 spiro atoms. The molecule has 3 aromatic carbocycles. The summed E-state index contributed by atoms with van der Waals surface area (Å²) in [5.41, 5.74) is 7.15. The average molecular weight is 388 g/mol. The molecule has 0 aromatic heterocycles. The molecule has 0 fully saturated rings. The molecule has 0 saturated heterocycles. The van der Waals surface area contributed by atoms with E-state index >= 15 is 0 Å². The standard InChI is InChI=1S/C24H21FN2O2/c25-19-14-12-17(13-15-19)16-29-23-11-4-3-9-21(23)24(28)27-26-22-10-5-7-18-6-1-2-8-20(18)22/h1-4,6,8-9,11-15H,5,7,10,16H2,(H,27,28). The van der Waals surface area contributed by atoms with Crippen molar-refractivity contribution < 1.29 is 13.9 Å². The maximum absolute atomic E-state index is 13.0. The van der Waals surface area contributed by atoms with E-state index in [-0.39, 0.29) is 18.3 Å². The second-order valence-electron chi connectivity index (χ2n) is 6.92. The number of para-hydroxylation sites is 1. The highest BCUT2D eigenvalue weighted by Crippen LogP contribution is 2.22. The van der Waals surface area contributed by atoms with Crippen molar-refractivity contribution in [3.05, 3.63) is 101 Å². The van der Waals surface area contributed by atoms with Crippen LogP contribution in [0.3, 0.4) is 0 Å². The molecule has 29 heavy (non-hydrogen) atoms. The van der Waals surface area contributed by atoms with E-state index in [1.165, 1.54) is 17.7 Å². The number of halogens is 1. The number of rotatable bonds is 5. The fourth-order valence-electron chi connectivity index (χ4n) is 3.42. The normalized spacial score (nSPS) is 14.3. The van der Waals surface area contributed by atoms with Crippen LogP contribution in [0.4, 0.5) is 4.39 Å². The van der Waals surface area contributed by atoms with E-state index in [0.29, 0.717) is 11.3 Å². The van der Waals surface area contributed by atoms with Gasteiger partial charge in [0.2, 0.25) is 0 Å². The van der Waals surface area contributed by atoms with Crippen LogP contribution >= 0.6 is 0 Å². The number of hydrogen-bond donors (Lipinski definition) is 1. The van der Waals surface area contributed by atoms with Gasteiger partial charge in [0, 0.05) is 5.56 Å². The second-order valence-corrected chi connectivity index (χ2v) is 6.92. The van der Waals surface area contributed by atoms with Crippen molar-refractivity contribution in [1.82, 2.24) is 5.43 Å². The molecule has 0 radical (unpaired) electrons. The van der Waals surface area contributed by atoms with Crippen molar-refractivity contribution >= 4 is 11.6 Å². The van der Waals surface area contributed by atoms with E-state index in [1.807, 2.05) is 18.2 Å². The lowest BCUT2D eigenvalue weighted by atomic mass is 9.90. The maximum atomic E-state index is 13.0. The first-order valence-electron chi connectivity index (χ1n) is 9.62. The predicted molar refractivity (Wildman–Crippen MR) is 111 cm³/mol. The van der Waals surface area contributed by atoms with Crippen LogP contribution in [0.25, 0.3) is 0 Å². The Morgan fingerprint density at radius 3 is 2.59 bits per heavy atom. The van der Waals surface area contributed by atoms with Gasteiger partial charge in [-0.3, -0.25) is 4.79 Å². The van der Waals surface area contributed by atoms with Gasteiger partial charge >= 0.3 is 0 Å². The molecule has 0 atom stereocenters. The van der Waals surface area contributed by atoms with Crippen LogP contribution in [0.5, 0.6) is 5.75 Å². The topological polar surface area (TPSA) is 50.7 Å². The highest BCUT2D eigenvalue weighted by molar-refractivity contribution is 6.04. The van der Waals surface area contributed by atoms with Crippen LogP contribution in [-0.2, 0) is 13.0 Å². The number of benzene rings is 3. The first-order chi connectivity index (χ1) is 14.2. The van der Waals surface area contributed by atoms with Crippen LogP contribution in [0.1, 0.15) is 39.9 Å². The van der Waals surface area contributed by atoms with E-state index in [1.54, 1.807) is 36.4 Å². The summed E-state index contributed by atoms with van der Waals surface area (Å²) >= 11 is 0. The van der Waals surface area contributed by atoms with Gasteiger partial charge in [-0.1, -0.05) is 48.5 Å². The Kier molecular flexibility index (Phi) is 5.66. The molecule has 3 aromatic rings. The molecule has 1 amide bonds. The predicted octanol–water partition coefficient (Wildman–Crippen LogP) is 4.88. The van der Waals surface area contributed by atoms with Crippen molar-refractivity contribution in [1.29, 1.82) is 0 Å². The van der Waals surface area contributed by atoms with Gasteiger partial charge < -0.3 is 4.74 Å². The van der Waals surface area contributed by atoms with Gasteiger partial charge in [0.25, 0.3) is 5.91 Å². The number of carbonyl (C=O) groups excluding carboxylic acids is 1. The number of nitrogens with zero attached hydrogens (tertiary/aromatic N) is 1. The Morgan fingerprint density at radius 1 is 0.966 bits per heavy atom. The number of fused-ring (bicyclic) bond motifs is 1. The molecule has 0 aliphatic heterocycles. The minimum absolute atomic E-state index is 0.243. The van der Waals surface area contributed by atoms with Crippen LogP contribution < -0.4 is 10.2 Å². The van der Waals surface area contributed by atoms with Crippen LogP contribution in [0, 0.1) is 5.82 Å².